The maximum absolute atomic E-state index is 12.1. The van der Waals surface area contributed by atoms with Crippen LogP contribution in [0.15, 0.2) is 24.3 Å². The summed E-state index contributed by atoms with van der Waals surface area (Å²) in [7, 11) is 0. The van der Waals surface area contributed by atoms with Gasteiger partial charge in [0, 0.05) is 6.54 Å². The summed E-state index contributed by atoms with van der Waals surface area (Å²) < 4.78 is 40.2. The monoisotopic (exact) mass is 302 g/mol. The smallest absolute Gasteiger partial charge is 0.406 e. The summed E-state index contributed by atoms with van der Waals surface area (Å²) in [4.78, 5) is 13.7. The highest BCUT2D eigenvalue weighted by Gasteiger charge is 2.36. The van der Waals surface area contributed by atoms with Crippen LogP contribution in [0.2, 0.25) is 0 Å². The number of ether oxygens (including phenoxy) is 1. The first-order valence-electron chi connectivity index (χ1n) is 6.74. The Labute approximate surface area is 120 Å². The lowest BCUT2D eigenvalue weighted by Gasteiger charge is -2.24. The molecule has 1 aliphatic rings. The molecule has 0 bridgehead atoms. The molecule has 2 unspecified atom stereocenters. The van der Waals surface area contributed by atoms with E-state index in [0.29, 0.717) is 6.54 Å². The number of carbonyl (C=O) groups excluding carboxylic acids is 1. The van der Waals surface area contributed by atoms with Gasteiger partial charge in [0.2, 0.25) is 5.91 Å². The van der Waals surface area contributed by atoms with Gasteiger partial charge in [-0.25, -0.2) is 0 Å². The molecule has 1 aromatic carbocycles. The fourth-order valence-corrected chi connectivity index (χ4v) is 2.38. The molecule has 1 heterocycles. The Bertz CT molecular complexity index is 502. The zero-order valence-electron chi connectivity index (χ0n) is 11.8. The van der Waals surface area contributed by atoms with E-state index in [2.05, 4.69) is 10.1 Å². The molecule has 1 amide bonds. The minimum Gasteiger partial charge on any atom is -0.406 e. The predicted octanol–water partition coefficient (Wildman–Crippen LogP) is 2.81. The van der Waals surface area contributed by atoms with E-state index in [1.807, 2.05) is 6.92 Å². The molecule has 1 fully saturated rings. The number of alkyl halides is 3. The summed E-state index contributed by atoms with van der Waals surface area (Å²) in [5, 5.41) is 3.14. The van der Waals surface area contributed by atoms with Gasteiger partial charge in [0.05, 0.1) is 6.04 Å². The third kappa shape index (κ3) is 3.66. The Morgan fingerprint density at radius 1 is 1.29 bits per heavy atom. The molecule has 1 aromatic rings. The average Bonchev–Trinajstić information content (AvgIpc) is 2.67. The number of benzene rings is 1. The summed E-state index contributed by atoms with van der Waals surface area (Å²) in [5.41, 5.74) is 0.732. The Hall–Kier alpha value is -1.76. The maximum Gasteiger partial charge on any atom is 0.573 e. The van der Waals surface area contributed by atoms with E-state index in [9.17, 15) is 18.0 Å². The van der Waals surface area contributed by atoms with Crippen LogP contribution in [-0.2, 0) is 4.79 Å². The lowest BCUT2D eigenvalue weighted by Crippen LogP contribution is -2.31. The summed E-state index contributed by atoms with van der Waals surface area (Å²) >= 11 is 0. The van der Waals surface area contributed by atoms with Crippen molar-refractivity contribution < 1.29 is 22.7 Å². The molecule has 0 aromatic heterocycles. The molecule has 1 N–H and O–H groups in total. The first-order chi connectivity index (χ1) is 9.81. The van der Waals surface area contributed by atoms with E-state index in [1.54, 1.807) is 11.8 Å². The first kappa shape index (κ1) is 15.6. The van der Waals surface area contributed by atoms with Gasteiger partial charge in [-0.3, -0.25) is 10.1 Å². The number of halogens is 3. The van der Waals surface area contributed by atoms with Crippen LogP contribution < -0.4 is 10.1 Å². The van der Waals surface area contributed by atoms with Crippen molar-refractivity contribution in [3.8, 4) is 5.75 Å². The first-order valence-corrected chi connectivity index (χ1v) is 6.74. The fourth-order valence-electron chi connectivity index (χ4n) is 2.38. The van der Waals surface area contributed by atoms with Crippen molar-refractivity contribution in [1.29, 1.82) is 0 Å². The molecular weight excluding hydrogens is 285 g/mol. The van der Waals surface area contributed by atoms with Crippen LogP contribution in [0.4, 0.5) is 13.2 Å². The molecule has 2 rings (SSSR count). The van der Waals surface area contributed by atoms with Gasteiger partial charge < -0.3 is 9.64 Å². The zero-order chi connectivity index (χ0) is 15.6. The van der Waals surface area contributed by atoms with Crippen LogP contribution in [0.5, 0.6) is 5.75 Å². The lowest BCUT2D eigenvalue weighted by atomic mass is 10.1. The quantitative estimate of drug-likeness (QED) is 0.930. The topological polar surface area (TPSA) is 41.6 Å². The standard InChI is InChI=1S/C14H17F3N2O2/c1-3-8-19-12(18-9(2)13(19)20)10-4-6-11(7-5-10)21-14(15,16)17/h4-7,9,12,18H,3,8H2,1-2H3. The molecule has 0 saturated carbocycles. The fraction of sp³-hybridized carbons (Fsp3) is 0.500. The second-order valence-electron chi connectivity index (χ2n) is 4.94. The third-order valence-electron chi connectivity index (χ3n) is 3.27. The van der Waals surface area contributed by atoms with E-state index in [-0.39, 0.29) is 23.9 Å². The number of hydrogen-bond donors (Lipinski definition) is 1. The van der Waals surface area contributed by atoms with Gasteiger partial charge in [0.25, 0.3) is 0 Å². The van der Waals surface area contributed by atoms with Crippen molar-refractivity contribution in [2.45, 2.75) is 38.8 Å². The zero-order valence-corrected chi connectivity index (χ0v) is 11.8. The molecule has 7 heteroatoms. The molecule has 1 saturated heterocycles. The van der Waals surface area contributed by atoms with Crippen LogP contribution in [0.1, 0.15) is 32.0 Å². The Morgan fingerprint density at radius 2 is 1.90 bits per heavy atom. The summed E-state index contributed by atoms with van der Waals surface area (Å²) in [6.07, 6.45) is -4.20. The van der Waals surface area contributed by atoms with Crippen LogP contribution in [0, 0.1) is 0 Å². The molecule has 0 radical (unpaired) electrons. The average molecular weight is 302 g/mol. The Balaban J connectivity index is 2.16. The number of rotatable bonds is 4. The van der Waals surface area contributed by atoms with Crippen LogP contribution in [-0.4, -0.2) is 29.8 Å². The molecule has 116 valence electrons. The van der Waals surface area contributed by atoms with Gasteiger partial charge in [-0.1, -0.05) is 19.1 Å². The highest BCUT2D eigenvalue weighted by molar-refractivity contribution is 5.84. The van der Waals surface area contributed by atoms with Crippen molar-refractivity contribution in [1.82, 2.24) is 10.2 Å². The number of carbonyl (C=O) groups is 1. The number of hydrogen-bond acceptors (Lipinski definition) is 3. The second-order valence-corrected chi connectivity index (χ2v) is 4.94. The number of nitrogens with zero attached hydrogens (tertiary/aromatic N) is 1. The maximum atomic E-state index is 12.1. The van der Waals surface area contributed by atoms with Crippen molar-refractivity contribution in [3.63, 3.8) is 0 Å². The van der Waals surface area contributed by atoms with E-state index in [1.165, 1.54) is 24.3 Å². The number of amides is 1. The summed E-state index contributed by atoms with van der Waals surface area (Å²) in [5.74, 6) is -0.275. The molecule has 4 nitrogen and oxygen atoms in total. The molecule has 21 heavy (non-hydrogen) atoms. The minimum atomic E-state index is -4.70. The summed E-state index contributed by atoms with van der Waals surface area (Å²) in [6.45, 7) is 4.33. The van der Waals surface area contributed by atoms with Crippen LogP contribution in [0.25, 0.3) is 0 Å². The van der Waals surface area contributed by atoms with Gasteiger partial charge >= 0.3 is 6.36 Å². The highest BCUT2D eigenvalue weighted by atomic mass is 19.4. The largest absolute Gasteiger partial charge is 0.573 e. The Morgan fingerprint density at radius 3 is 2.43 bits per heavy atom. The summed E-state index contributed by atoms with van der Waals surface area (Å²) in [6, 6.07) is 5.27. The van der Waals surface area contributed by atoms with Gasteiger partial charge in [-0.15, -0.1) is 13.2 Å². The molecule has 0 aliphatic carbocycles. The normalized spacial score (nSPS) is 22.7. The van der Waals surface area contributed by atoms with E-state index < -0.39 is 6.36 Å². The van der Waals surface area contributed by atoms with Crippen molar-refractivity contribution in [2.24, 2.45) is 0 Å². The minimum absolute atomic E-state index is 0.00234. The van der Waals surface area contributed by atoms with Crippen LogP contribution in [0.3, 0.4) is 0 Å². The predicted molar refractivity (Wildman–Crippen MR) is 70.5 cm³/mol. The van der Waals surface area contributed by atoms with Gasteiger partial charge in [-0.2, -0.15) is 0 Å². The molecule has 0 spiro atoms. The Kier molecular flexibility index (Phi) is 4.41. The second kappa shape index (κ2) is 5.93. The van der Waals surface area contributed by atoms with E-state index in [0.717, 1.165) is 12.0 Å². The van der Waals surface area contributed by atoms with Crippen molar-refractivity contribution in [3.05, 3.63) is 29.8 Å². The number of nitrogens with one attached hydrogen (secondary N) is 1. The van der Waals surface area contributed by atoms with Crippen molar-refractivity contribution in [2.75, 3.05) is 6.54 Å². The van der Waals surface area contributed by atoms with Crippen molar-refractivity contribution >= 4 is 5.91 Å². The lowest BCUT2D eigenvalue weighted by molar-refractivity contribution is -0.274. The molecule has 1 aliphatic heterocycles. The van der Waals surface area contributed by atoms with E-state index >= 15 is 0 Å². The van der Waals surface area contributed by atoms with Gasteiger partial charge in [-0.05, 0) is 31.0 Å². The SMILES string of the molecule is CCCN1C(=O)C(C)NC1c1ccc(OC(F)(F)F)cc1. The van der Waals surface area contributed by atoms with Crippen LogP contribution >= 0.6 is 0 Å². The van der Waals surface area contributed by atoms with E-state index in [4.69, 9.17) is 0 Å². The van der Waals surface area contributed by atoms with Gasteiger partial charge in [0.1, 0.15) is 11.9 Å². The molecular formula is C14H17F3N2O2. The van der Waals surface area contributed by atoms with Gasteiger partial charge in [0.15, 0.2) is 0 Å². The third-order valence-corrected chi connectivity index (χ3v) is 3.27. The highest BCUT2D eigenvalue weighted by Crippen LogP contribution is 2.28. The molecule has 2 atom stereocenters.